The standard InChI is InChI=1S/C22H31BO2/c1-20(2)21(3,4)25-23(24-20)17-6-7-18-14(11-17)8-9-22(5)13-16-10-15(18)12-19(16)22/h6-7,11,15-16,19H,8-10,12-13H2,1-5H3. The molecule has 3 fully saturated rings. The van der Waals surface area contributed by atoms with Crippen LogP contribution in [0.5, 0.6) is 0 Å². The van der Waals surface area contributed by atoms with Gasteiger partial charge in [-0.1, -0.05) is 25.1 Å². The predicted octanol–water partition coefficient (Wildman–Crippen LogP) is 4.45. The molecule has 4 unspecified atom stereocenters. The molecule has 1 heterocycles. The molecule has 2 saturated carbocycles. The largest absolute Gasteiger partial charge is 0.494 e. The Bertz CT molecular complexity index is 709. The van der Waals surface area contributed by atoms with Crippen molar-refractivity contribution >= 4 is 12.6 Å². The molecular weight excluding hydrogens is 307 g/mol. The number of hydrogen-bond acceptors (Lipinski definition) is 2. The van der Waals surface area contributed by atoms with E-state index in [1.807, 2.05) is 0 Å². The van der Waals surface area contributed by atoms with Crippen LogP contribution in [-0.4, -0.2) is 18.3 Å². The number of fused-ring (bicyclic) bond motifs is 3. The topological polar surface area (TPSA) is 18.5 Å². The Balaban J connectivity index is 1.48. The van der Waals surface area contributed by atoms with Crippen molar-refractivity contribution in [1.29, 1.82) is 0 Å². The van der Waals surface area contributed by atoms with E-state index in [4.69, 9.17) is 9.31 Å². The normalized spacial score (nSPS) is 40.2. The van der Waals surface area contributed by atoms with Gasteiger partial charge in [0.15, 0.2) is 0 Å². The van der Waals surface area contributed by atoms with Crippen LogP contribution in [0.1, 0.15) is 77.3 Å². The summed E-state index contributed by atoms with van der Waals surface area (Å²) in [6, 6.07) is 7.06. The summed E-state index contributed by atoms with van der Waals surface area (Å²) in [6.45, 7) is 11.1. The molecule has 0 aromatic heterocycles. The first-order chi connectivity index (χ1) is 11.7. The minimum atomic E-state index is -0.269. The zero-order valence-electron chi connectivity index (χ0n) is 16.4. The maximum atomic E-state index is 6.29. The van der Waals surface area contributed by atoms with E-state index in [1.54, 1.807) is 11.1 Å². The molecule has 3 aliphatic carbocycles. The maximum absolute atomic E-state index is 6.29. The lowest BCUT2D eigenvalue weighted by atomic mass is 9.54. The van der Waals surface area contributed by atoms with E-state index in [0.29, 0.717) is 5.41 Å². The van der Waals surface area contributed by atoms with E-state index < -0.39 is 0 Å². The summed E-state index contributed by atoms with van der Waals surface area (Å²) in [7, 11) is -0.235. The molecule has 1 saturated heterocycles. The quantitative estimate of drug-likeness (QED) is 0.704. The Morgan fingerprint density at radius 1 is 1.00 bits per heavy atom. The molecule has 134 valence electrons. The van der Waals surface area contributed by atoms with Crippen molar-refractivity contribution in [2.75, 3.05) is 0 Å². The van der Waals surface area contributed by atoms with Crippen LogP contribution < -0.4 is 5.46 Å². The summed E-state index contributed by atoms with van der Waals surface area (Å²) in [4.78, 5) is 0. The van der Waals surface area contributed by atoms with E-state index in [1.165, 1.54) is 37.6 Å². The minimum Gasteiger partial charge on any atom is -0.399 e. The van der Waals surface area contributed by atoms with Gasteiger partial charge in [-0.3, -0.25) is 0 Å². The van der Waals surface area contributed by atoms with Crippen LogP contribution in [0, 0.1) is 17.3 Å². The third kappa shape index (κ3) is 2.24. The fraction of sp³-hybridized carbons (Fsp3) is 0.727. The third-order valence-corrected chi connectivity index (χ3v) is 8.42. The Labute approximate surface area is 152 Å². The van der Waals surface area contributed by atoms with Gasteiger partial charge in [0.1, 0.15) is 0 Å². The van der Waals surface area contributed by atoms with E-state index in [-0.39, 0.29) is 18.3 Å². The lowest BCUT2D eigenvalue weighted by Gasteiger charge is -2.51. The highest BCUT2D eigenvalue weighted by molar-refractivity contribution is 6.62. The van der Waals surface area contributed by atoms with E-state index in [0.717, 1.165) is 17.8 Å². The maximum Gasteiger partial charge on any atom is 0.494 e. The SMILES string of the molecule is CC12CCc3cc(B4OC(C)(C)C(C)(C)O4)ccc3C3CC(C1)C2C3. The summed E-state index contributed by atoms with van der Waals surface area (Å²) < 4.78 is 12.6. The van der Waals surface area contributed by atoms with Crippen molar-refractivity contribution in [3.8, 4) is 0 Å². The summed E-state index contributed by atoms with van der Waals surface area (Å²) in [6.07, 6.45) is 6.87. The molecule has 2 bridgehead atoms. The number of aryl methyl sites for hydroxylation is 1. The molecule has 0 N–H and O–H groups in total. The zero-order chi connectivity index (χ0) is 17.6. The smallest absolute Gasteiger partial charge is 0.399 e. The molecule has 1 aromatic carbocycles. The van der Waals surface area contributed by atoms with Crippen LogP contribution in [0.25, 0.3) is 0 Å². The highest BCUT2D eigenvalue weighted by Crippen LogP contribution is 2.65. The molecule has 4 aliphatic rings. The van der Waals surface area contributed by atoms with Gasteiger partial charge in [0.25, 0.3) is 0 Å². The molecule has 25 heavy (non-hydrogen) atoms. The van der Waals surface area contributed by atoms with Gasteiger partial charge in [-0.2, -0.15) is 0 Å². The van der Waals surface area contributed by atoms with Crippen molar-refractivity contribution in [2.24, 2.45) is 17.3 Å². The average molecular weight is 338 g/mol. The molecular formula is C22H31BO2. The van der Waals surface area contributed by atoms with Gasteiger partial charge in [-0.25, -0.2) is 0 Å². The summed E-state index contributed by atoms with van der Waals surface area (Å²) in [5.41, 5.74) is 4.45. The zero-order valence-corrected chi connectivity index (χ0v) is 16.4. The van der Waals surface area contributed by atoms with E-state index in [2.05, 4.69) is 52.8 Å². The van der Waals surface area contributed by atoms with Gasteiger partial charge < -0.3 is 9.31 Å². The van der Waals surface area contributed by atoms with Crippen LogP contribution in [0.2, 0.25) is 0 Å². The van der Waals surface area contributed by atoms with Crippen molar-refractivity contribution in [3.05, 3.63) is 29.3 Å². The Morgan fingerprint density at radius 3 is 2.44 bits per heavy atom. The first kappa shape index (κ1) is 16.4. The Kier molecular flexibility index (Phi) is 3.23. The Hall–Kier alpha value is -0.795. The van der Waals surface area contributed by atoms with Crippen molar-refractivity contribution in [1.82, 2.24) is 0 Å². The second-order valence-corrected chi connectivity index (χ2v) is 10.4. The lowest BCUT2D eigenvalue weighted by molar-refractivity contribution is -0.0115. The lowest BCUT2D eigenvalue weighted by Crippen LogP contribution is -2.43. The first-order valence-corrected chi connectivity index (χ1v) is 10.2. The molecule has 4 atom stereocenters. The van der Waals surface area contributed by atoms with Gasteiger partial charge in [0.05, 0.1) is 11.2 Å². The van der Waals surface area contributed by atoms with Crippen LogP contribution in [-0.2, 0) is 15.7 Å². The van der Waals surface area contributed by atoms with Crippen LogP contribution in [0.3, 0.4) is 0 Å². The van der Waals surface area contributed by atoms with Crippen molar-refractivity contribution in [2.45, 2.75) is 83.8 Å². The van der Waals surface area contributed by atoms with Crippen LogP contribution in [0.4, 0.5) is 0 Å². The van der Waals surface area contributed by atoms with Gasteiger partial charge in [-0.05, 0) is 99.6 Å². The number of rotatable bonds is 1. The summed E-state index contributed by atoms with van der Waals surface area (Å²) in [5.74, 6) is 2.79. The average Bonchev–Trinajstić information content (AvgIpc) is 3.01. The molecule has 0 amide bonds. The summed E-state index contributed by atoms with van der Waals surface area (Å²) in [5, 5.41) is 0. The summed E-state index contributed by atoms with van der Waals surface area (Å²) >= 11 is 0. The van der Waals surface area contributed by atoms with Crippen molar-refractivity contribution in [3.63, 3.8) is 0 Å². The molecule has 0 radical (unpaired) electrons. The molecule has 1 aromatic rings. The van der Waals surface area contributed by atoms with Gasteiger partial charge in [0.2, 0.25) is 0 Å². The molecule has 5 rings (SSSR count). The highest BCUT2D eigenvalue weighted by atomic mass is 16.7. The second-order valence-electron chi connectivity index (χ2n) is 10.4. The van der Waals surface area contributed by atoms with Gasteiger partial charge >= 0.3 is 7.12 Å². The number of benzene rings is 1. The fourth-order valence-electron chi connectivity index (χ4n) is 6.12. The van der Waals surface area contributed by atoms with Crippen molar-refractivity contribution < 1.29 is 9.31 Å². The van der Waals surface area contributed by atoms with Crippen LogP contribution >= 0.6 is 0 Å². The first-order valence-electron chi connectivity index (χ1n) is 10.2. The Morgan fingerprint density at radius 2 is 1.72 bits per heavy atom. The molecule has 3 heteroatoms. The van der Waals surface area contributed by atoms with Gasteiger partial charge in [0, 0.05) is 0 Å². The predicted molar refractivity (Wildman–Crippen MR) is 102 cm³/mol. The molecule has 2 nitrogen and oxygen atoms in total. The minimum absolute atomic E-state index is 0.235. The number of hydrogen-bond donors (Lipinski definition) is 0. The fourth-order valence-corrected chi connectivity index (χ4v) is 6.12. The molecule has 0 spiro atoms. The van der Waals surface area contributed by atoms with Gasteiger partial charge in [-0.15, -0.1) is 0 Å². The van der Waals surface area contributed by atoms with E-state index >= 15 is 0 Å². The van der Waals surface area contributed by atoms with Crippen LogP contribution in [0.15, 0.2) is 18.2 Å². The molecule has 1 aliphatic heterocycles. The highest BCUT2D eigenvalue weighted by Gasteiger charge is 2.56. The monoisotopic (exact) mass is 338 g/mol. The van der Waals surface area contributed by atoms with E-state index in [9.17, 15) is 0 Å². The second kappa shape index (κ2) is 4.92. The third-order valence-electron chi connectivity index (χ3n) is 8.42.